The van der Waals surface area contributed by atoms with E-state index < -0.39 is 11.6 Å². The molecule has 1 heterocycles. The molecule has 1 aliphatic heterocycles. The predicted octanol–water partition coefficient (Wildman–Crippen LogP) is 6.12. The fourth-order valence-electron chi connectivity index (χ4n) is 5.74. The van der Waals surface area contributed by atoms with Crippen molar-refractivity contribution >= 4 is 12.1 Å². The quantitative estimate of drug-likeness (QED) is 0.434. The van der Waals surface area contributed by atoms with Gasteiger partial charge >= 0.3 is 12.1 Å². The van der Waals surface area contributed by atoms with Crippen LogP contribution in [0.4, 0.5) is 4.79 Å². The van der Waals surface area contributed by atoms with E-state index in [0.29, 0.717) is 24.6 Å². The van der Waals surface area contributed by atoms with Gasteiger partial charge in [-0.15, -0.1) is 0 Å². The van der Waals surface area contributed by atoms with Crippen molar-refractivity contribution in [3.05, 3.63) is 71.8 Å². The molecule has 0 radical (unpaired) electrons. The van der Waals surface area contributed by atoms with Crippen molar-refractivity contribution in [3.8, 4) is 0 Å². The first-order chi connectivity index (χ1) is 18.9. The first-order valence-electron chi connectivity index (χ1n) is 14.5. The smallest absolute Gasteiger partial charge is 0.410 e. The molecule has 7 heteroatoms. The van der Waals surface area contributed by atoms with E-state index in [-0.39, 0.29) is 18.6 Å². The van der Waals surface area contributed by atoms with E-state index in [0.717, 1.165) is 25.1 Å². The fraction of sp³-hybridized carbons (Fsp3) is 0.562. The van der Waals surface area contributed by atoms with Crippen LogP contribution < -0.4 is 5.32 Å². The second-order valence-electron chi connectivity index (χ2n) is 11.1. The summed E-state index contributed by atoms with van der Waals surface area (Å²) in [6.07, 6.45) is 10.7. The Morgan fingerprint density at radius 1 is 0.923 bits per heavy atom. The summed E-state index contributed by atoms with van der Waals surface area (Å²) in [5.74, 6) is -0.223. The summed E-state index contributed by atoms with van der Waals surface area (Å²) < 4.78 is 5.59. The summed E-state index contributed by atoms with van der Waals surface area (Å²) in [5, 5.41) is 23.5. The van der Waals surface area contributed by atoms with Crippen molar-refractivity contribution in [3.63, 3.8) is 0 Å². The van der Waals surface area contributed by atoms with E-state index in [1.165, 1.54) is 51.4 Å². The van der Waals surface area contributed by atoms with Crippen LogP contribution in [0.1, 0.15) is 80.6 Å². The van der Waals surface area contributed by atoms with E-state index >= 15 is 0 Å². The summed E-state index contributed by atoms with van der Waals surface area (Å²) in [4.78, 5) is 24.8. The van der Waals surface area contributed by atoms with E-state index in [9.17, 15) is 14.7 Å². The van der Waals surface area contributed by atoms with Crippen molar-refractivity contribution in [2.75, 3.05) is 26.2 Å². The summed E-state index contributed by atoms with van der Waals surface area (Å²) in [7, 11) is 0. The summed E-state index contributed by atoms with van der Waals surface area (Å²) >= 11 is 0. The van der Waals surface area contributed by atoms with E-state index in [1.54, 1.807) is 35.2 Å². The SMILES string of the molecule is CC1(O)CN(C(=O)OCc2ccccc2)CCCNCC1C1CCCCCCCC1.O=C(O)c1ccccc1. The van der Waals surface area contributed by atoms with Crippen LogP contribution in [0.5, 0.6) is 0 Å². The second kappa shape index (κ2) is 16.3. The number of carbonyl (C=O) groups is 2. The number of β-amino-alcohol motifs (C(OH)–C–C–N with tert-alkyl or cyclic N) is 1. The molecule has 214 valence electrons. The van der Waals surface area contributed by atoms with Crippen molar-refractivity contribution in [2.24, 2.45) is 11.8 Å². The van der Waals surface area contributed by atoms with Gasteiger partial charge in [-0.3, -0.25) is 0 Å². The molecule has 4 rings (SSSR count). The standard InChI is InChI=1S/C25H40N2O3.C7H6O2/c1-25(29)20-27(24(28)30-19-21-12-7-6-8-13-21)17-11-16-26-18-23(25)22-14-9-4-2-3-5-10-15-22;8-7(9)6-4-2-1-3-5-6/h6-8,12-13,22-23,26,29H,2-5,9-11,14-20H2,1H3;1-5H,(H,8,9). The number of hydrogen-bond donors (Lipinski definition) is 3. The molecule has 1 saturated carbocycles. The average Bonchev–Trinajstić information content (AvgIpc) is 3.12. The molecule has 2 atom stereocenters. The highest BCUT2D eigenvalue weighted by atomic mass is 16.6. The number of aromatic carboxylic acids is 1. The molecular formula is C32H46N2O5. The van der Waals surface area contributed by atoms with Crippen molar-refractivity contribution in [2.45, 2.75) is 76.9 Å². The molecule has 1 saturated heterocycles. The maximum atomic E-state index is 12.8. The number of aliphatic hydroxyl groups is 1. The molecule has 1 aliphatic carbocycles. The molecule has 3 N–H and O–H groups in total. The van der Waals surface area contributed by atoms with Crippen LogP contribution in [0, 0.1) is 11.8 Å². The lowest BCUT2D eigenvalue weighted by Gasteiger charge is -2.40. The van der Waals surface area contributed by atoms with Crippen LogP contribution in [0.25, 0.3) is 0 Å². The maximum absolute atomic E-state index is 12.8. The maximum Gasteiger partial charge on any atom is 0.410 e. The largest absolute Gasteiger partial charge is 0.478 e. The van der Waals surface area contributed by atoms with Crippen LogP contribution in [0.15, 0.2) is 60.7 Å². The molecule has 1 amide bonds. The monoisotopic (exact) mass is 538 g/mol. The van der Waals surface area contributed by atoms with Crippen molar-refractivity contribution < 1.29 is 24.5 Å². The van der Waals surface area contributed by atoms with Crippen molar-refractivity contribution in [1.82, 2.24) is 10.2 Å². The summed E-state index contributed by atoms with van der Waals surface area (Å²) in [6, 6.07) is 18.1. The van der Waals surface area contributed by atoms with Crippen LogP contribution in [0.3, 0.4) is 0 Å². The van der Waals surface area contributed by atoms with Crippen LogP contribution in [0.2, 0.25) is 0 Å². The van der Waals surface area contributed by atoms with E-state index in [2.05, 4.69) is 5.32 Å². The van der Waals surface area contributed by atoms with Gasteiger partial charge in [0.2, 0.25) is 0 Å². The van der Waals surface area contributed by atoms with Gasteiger partial charge in [0, 0.05) is 19.0 Å². The number of nitrogens with zero attached hydrogens (tertiary/aromatic N) is 1. The molecule has 0 spiro atoms. The van der Waals surface area contributed by atoms with Crippen LogP contribution in [-0.2, 0) is 11.3 Å². The third-order valence-electron chi connectivity index (χ3n) is 7.91. The predicted molar refractivity (Wildman–Crippen MR) is 154 cm³/mol. The molecule has 39 heavy (non-hydrogen) atoms. The fourth-order valence-corrected chi connectivity index (χ4v) is 5.74. The lowest BCUT2D eigenvalue weighted by Crippen LogP contribution is -2.52. The molecule has 0 aromatic heterocycles. The number of carboxylic acids is 1. The normalized spacial score (nSPS) is 23.3. The van der Waals surface area contributed by atoms with Gasteiger partial charge in [-0.1, -0.05) is 99.9 Å². The molecule has 2 unspecified atom stereocenters. The Kier molecular flexibility index (Phi) is 12.8. The number of nitrogens with one attached hydrogen (secondary N) is 1. The number of ether oxygens (including phenoxy) is 1. The zero-order valence-electron chi connectivity index (χ0n) is 23.4. The van der Waals surface area contributed by atoms with Gasteiger partial charge in [-0.2, -0.15) is 0 Å². The topological polar surface area (TPSA) is 99.1 Å². The molecule has 2 aromatic rings. The lowest BCUT2D eigenvalue weighted by molar-refractivity contribution is -0.0504. The van der Waals surface area contributed by atoms with Crippen LogP contribution >= 0.6 is 0 Å². The number of carboxylic acid groups (broad SMARTS) is 1. The molecule has 2 aromatic carbocycles. The Labute approximate surface area is 233 Å². The van der Waals surface area contributed by atoms with E-state index in [1.807, 2.05) is 37.3 Å². The number of amides is 1. The Bertz CT molecular complexity index is 973. The third kappa shape index (κ3) is 10.6. The van der Waals surface area contributed by atoms with Gasteiger partial charge < -0.3 is 25.2 Å². The molecule has 2 aliphatic rings. The van der Waals surface area contributed by atoms with Gasteiger partial charge in [0.1, 0.15) is 6.61 Å². The van der Waals surface area contributed by atoms with Gasteiger partial charge in [0.15, 0.2) is 0 Å². The van der Waals surface area contributed by atoms with Crippen molar-refractivity contribution in [1.29, 1.82) is 0 Å². The van der Waals surface area contributed by atoms with Gasteiger partial charge in [0.25, 0.3) is 0 Å². The second-order valence-corrected chi connectivity index (χ2v) is 11.1. The average molecular weight is 539 g/mol. The molecule has 0 bridgehead atoms. The lowest BCUT2D eigenvalue weighted by atomic mass is 9.74. The highest BCUT2D eigenvalue weighted by molar-refractivity contribution is 5.87. The number of hydrogen-bond acceptors (Lipinski definition) is 5. The Balaban J connectivity index is 0.000000395. The zero-order valence-corrected chi connectivity index (χ0v) is 23.4. The highest BCUT2D eigenvalue weighted by Gasteiger charge is 2.40. The van der Waals surface area contributed by atoms with E-state index in [4.69, 9.17) is 9.84 Å². The summed E-state index contributed by atoms with van der Waals surface area (Å²) in [5.41, 5.74) is 0.381. The number of carbonyl (C=O) groups excluding carboxylic acids is 1. The highest BCUT2D eigenvalue weighted by Crippen LogP contribution is 2.35. The van der Waals surface area contributed by atoms with Gasteiger partial charge in [0.05, 0.1) is 17.7 Å². The Hall–Kier alpha value is -2.90. The first kappa shape index (κ1) is 30.6. The minimum atomic E-state index is -0.929. The third-order valence-corrected chi connectivity index (χ3v) is 7.91. The zero-order chi connectivity index (χ0) is 27.9. The first-order valence-corrected chi connectivity index (χ1v) is 14.5. The minimum absolute atomic E-state index is 0.151. The minimum Gasteiger partial charge on any atom is -0.478 e. The Morgan fingerprint density at radius 2 is 1.51 bits per heavy atom. The Morgan fingerprint density at radius 3 is 2.10 bits per heavy atom. The molecular weight excluding hydrogens is 492 g/mol. The van der Waals surface area contributed by atoms with Gasteiger partial charge in [-0.05, 0) is 43.5 Å². The molecule has 2 fully saturated rings. The molecule has 7 nitrogen and oxygen atoms in total. The summed E-state index contributed by atoms with van der Waals surface area (Å²) in [6.45, 7) is 4.82. The number of benzene rings is 2. The number of rotatable bonds is 4. The van der Waals surface area contributed by atoms with Crippen LogP contribution in [-0.4, -0.2) is 59.0 Å². The van der Waals surface area contributed by atoms with Gasteiger partial charge in [-0.25, -0.2) is 9.59 Å².